The van der Waals surface area contributed by atoms with E-state index in [0.29, 0.717) is 5.41 Å². The van der Waals surface area contributed by atoms with Gasteiger partial charge in [-0.2, -0.15) is 0 Å². The Bertz CT molecular complexity index is 150. The lowest BCUT2D eigenvalue weighted by molar-refractivity contribution is 0.231. The first-order valence-electron chi connectivity index (χ1n) is 7.43. The van der Waals surface area contributed by atoms with E-state index in [1.807, 2.05) is 0 Å². The fraction of sp³-hybridized carbons (Fsp3) is 0.938. The second kappa shape index (κ2) is 9.07. The van der Waals surface area contributed by atoms with Crippen molar-refractivity contribution in [2.45, 2.75) is 85.5 Å². The van der Waals surface area contributed by atoms with Crippen LogP contribution in [0.25, 0.3) is 0 Å². The first-order valence-corrected chi connectivity index (χ1v) is 7.43. The van der Waals surface area contributed by atoms with Crippen molar-refractivity contribution in [3.05, 3.63) is 6.92 Å². The quantitative estimate of drug-likeness (QED) is 0.427. The van der Waals surface area contributed by atoms with Gasteiger partial charge in [0.25, 0.3) is 0 Å². The smallest absolute Gasteiger partial charge is 0.0295 e. The maximum Gasteiger partial charge on any atom is -0.0295 e. The molecular weight excluding hydrogens is 192 g/mol. The Balaban J connectivity index is 4.07. The average molecular weight is 225 g/mol. The highest BCUT2D eigenvalue weighted by atomic mass is 14.3. The van der Waals surface area contributed by atoms with Crippen molar-refractivity contribution in [1.29, 1.82) is 0 Å². The second-order valence-electron chi connectivity index (χ2n) is 5.81. The third kappa shape index (κ3) is 7.30. The van der Waals surface area contributed by atoms with Gasteiger partial charge in [0.2, 0.25) is 0 Å². The van der Waals surface area contributed by atoms with Gasteiger partial charge in [0.15, 0.2) is 0 Å². The Morgan fingerprint density at radius 3 is 2.06 bits per heavy atom. The Kier molecular flexibility index (Phi) is 9.07. The van der Waals surface area contributed by atoms with Gasteiger partial charge in [-0.25, -0.2) is 0 Å². The molecule has 16 heavy (non-hydrogen) atoms. The Hall–Kier alpha value is 0. The minimum Gasteiger partial charge on any atom is -0.0654 e. The Morgan fingerprint density at radius 2 is 1.56 bits per heavy atom. The third-order valence-corrected chi connectivity index (χ3v) is 3.67. The van der Waals surface area contributed by atoms with Gasteiger partial charge in [-0.15, -0.1) is 0 Å². The largest absolute Gasteiger partial charge is 0.0654 e. The number of rotatable bonds is 10. The van der Waals surface area contributed by atoms with E-state index in [1.165, 1.54) is 57.8 Å². The lowest BCUT2D eigenvalue weighted by Crippen LogP contribution is -2.20. The molecule has 2 atom stereocenters. The second-order valence-corrected chi connectivity index (χ2v) is 5.81. The number of hydrogen-bond donors (Lipinski definition) is 0. The van der Waals surface area contributed by atoms with E-state index >= 15 is 0 Å². The van der Waals surface area contributed by atoms with E-state index in [4.69, 9.17) is 0 Å². The van der Waals surface area contributed by atoms with Gasteiger partial charge >= 0.3 is 0 Å². The molecule has 97 valence electrons. The molecule has 1 unspecified atom stereocenters. The van der Waals surface area contributed by atoms with E-state index < -0.39 is 0 Å². The molecule has 0 aromatic heterocycles. The SMILES string of the molecule is [CH2]C(CCC)(CCCC)C[C@@H](C)CCCC. The van der Waals surface area contributed by atoms with Gasteiger partial charge in [0, 0.05) is 0 Å². The van der Waals surface area contributed by atoms with Crippen LogP contribution in [-0.4, -0.2) is 0 Å². The van der Waals surface area contributed by atoms with Crippen LogP contribution in [0.15, 0.2) is 0 Å². The summed E-state index contributed by atoms with van der Waals surface area (Å²) in [6.45, 7) is 13.8. The molecule has 0 heteroatoms. The molecule has 0 amide bonds. The highest BCUT2D eigenvalue weighted by Gasteiger charge is 2.24. The molecule has 0 bridgehead atoms. The summed E-state index contributed by atoms with van der Waals surface area (Å²) in [5, 5.41) is 0. The summed E-state index contributed by atoms with van der Waals surface area (Å²) in [7, 11) is 0. The van der Waals surface area contributed by atoms with Gasteiger partial charge in [-0.1, -0.05) is 66.2 Å². The van der Waals surface area contributed by atoms with Crippen molar-refractivity contribution in [3.63, 3.8) is 0 Å². The molecule has 0 aromatic carbocycles. The van der Waals surface area contributed by atoms with Crippen molar-refractivity contribution in [2.24, 2.45) is 11.3 Å². The van der Waals surface area contributed by atoms with E-state index in [0.717, 1.165) is 5.92 Å². The van der Waals surface area contributed by atoms with Crippen LogP contribution in [0.2, 0.25) is 0 Å². The number of hydrogen-bond acceptors (Lipinski definition) is 0. The van der Waals surface area contributed by atoms with E-state index in [-0.39, 0.29) is 0 Å². The summed E-state index contributed by atoms with van der Waals surface area (Å²) < 4.78 is 0. The summed E-state index contributed by atoms with van der Waals surface area (Å²) in [6.07, 6.45) is 12.0. The maximum atomic E-state index is 4.54. The first kappa shape index (κ1) is 16.0. The van der Waals surface area contributed by atoms with Crippen LogP contribution in [-0.2, 0) is 0 Å². The highest BCUT2D eigenvalue weighted by Crippen LogP contribution is 2.37. The minimum atomic E-state index is 0.373. The molecular formula is C16H33. The van der Waals surface area contributed by atoms with Crippen LogP contribution < -0.4 is 0 Å². The molecule has 0 spiro atoms. The van der Waals surface area contributed by atoms with E-state index in [2.05, 4.69) is 34.6 Å². The molecule has 0 aliphatic rings. The monoisotopic (exact) mass is 225 g/mol. The normalized spacial score (nSPS) is 17.1. The molecule has 0 aromatic rings. The predicted octanol–water partition coefficient (Wildman–Crippen LogP) is 6.01. The van der Waals surface area contributed by atoms with Crippen LogP contribution in [0.4, 0.5) is 0 Å². The van der Waals surface area contributed by atoms with Crippen LogP contribution >= 0.6 is 0 Å². The van der Waals surface area contributed by atoms with Gasteiger partial charge in [-0.3, -0.25) is 0 Å². The summed E-state index contributed by atoms with van der Waals surface area (Å²) >= 11 is 0. The van der Waals surface area contributed by atoms with Gasteiger partial charge < -0.3 is 0 Å². The molecule has 0 fully saturated rings. The Labute approximate surface area is 104 Å². The minimum absolute atomic E-state index is 0.373. The molecule has 0 aliphatic carbocycles. The molecule has 0 rings (SSSR count). The molecule has 1 radical (unpaired) electrons. The lowest BCUT2D eigenvalue weighted by atomic mass is 9.73. The third-order valence-electron chi connectivity index (χ3n) is 3.67. The predicted molar refractivity (Wildman–Crippen MR) is 75.5 cm³/mol. The van der Waals surface area contributed by atoms with Gasteiger partial charge in [-0.05, 0) is 37.5 Å². The molecule has 0 heterocycles. The summed E-state index contributed by atoms with van der Waals surface area (Å²) in [5.74, 6) is 0.862. The van der Waals surface area contributed by atoms with Crippen molar-refractivity contribution in [3.8, 4) is 0 Å². The molecule has 0 N–H and O–H groups in total. The maximum absolute atomic E-state index is 4.54. The van der Waals surface area contributed by atoms with Crippen LogP contribution in [0, 0.1) is 18.3 Å². The zero-order valence-corrected chi connectivity index (χ0v) is 12.1. The Morgan fingerprint density at radius 1 is 0.938 bits per heavy atom. The zero-order chi connectivity index (χ0) is 12.4. The van der Waals surface area contributed by atoms with Gasteiger partial charge in [0.05, 0.1) is 0 Å². The van der Waals surface area contributed by atoms with Crippen LogP contribution in [0.1, 0.15) is 85.5 Å². The fourth-order valence-corrected chi connectivity index (χ4v) is 2.81. The standard InChI is InChI=1S/C16H33/c1-6-9-11-15(4)14-16(5,12-8-3)13-10-7-2/h15H,5-14H2,1-4H3/t15-,16?/m0/s1. The first-order chi connectivity index (χ1) is 7.58. The fourth-order valence-electron chi connectivity index (χ4n) is 2.81. The van der Waals surface area contributed by atoms with Crippen molar-refractivity contribution in [2.75, 3.05) is 0 Å². The zero-order valence-electron chi connectivity index (χ0n) is 12.1. The molecule has 0 saturated heterocycles. The molecule has 0 saturated carbocycles. The molecule has 0 aliphatic heterocycles. The van der Waals surface area contributed by atoms with E-state index in [9.17, 15) is 0 Å². The van der Waals surface area contributed by atoms with Crippen LogP contribution in [0.3, 0.4) is 0 Å². The van der Waals surface area contributed by atoms with Crippen molar-refractivity contribution in [1.82, 2.24) is 0 Å². The van der Waals surface area contributed by atoms with E-state index in [1.54, 1.807) is 0 Å². The van der Waals surface area contributed by atoms with Crippen LogP contribution in [0.5, 0.6) is 0 Å². The summed E-state index contributed by atoms with van der Waals surface area (Å²) in [6, 6.07) is 0. The average Bonchev–Trinajstić information content (AvgIpc) is 2.24. The van der Waals surface area contributed by atoms with Crippen molar-refractivity contribution < 1.29 is 0 Å². The highest BCUT2D eigenvalue weighted by molar-refractivity contribution is 4.83. The van der Waals surface area contributed by atoms with Gasteiger partial charge in [0.1, 0.15) is 0 Å². The summed E-state index contributed by atoms with van der Waals surface area (Å²) in [4.78, 5) is 0. The lowest BCUT2D eigenvalue weighted by Gasteiger charge is -2.32. The number of unbranched alkanes of at least 4 members (excludes halogenated alkanes) is 2. The van der Waals surface area contributed by atoms with Crippen molar-refractivity contribution >= 4 is 0 Å². The molecule has 0 nitrogen and oxygen atoms in total. The summed E-state index contributed by atoms with van der Waals surface area (Å²) in [5.41, 5.74) is 0.373. The topological polar surface area (TPSA) is 0 Å².